The number of non-ortho nitro benzene ring substituents is 1. The number of nitro groups is 1. The van der Waals surface area contributed by atoms with Gasteiger partial charge in [-0.05, 0) is 88.0 Å². The fourth-order valence-electron chi connectivity index (χ4n) is 3.44. The summed E-state index contributed by atoms with van der Waals surface area (Å²) in [6.45, 7) is 3.55. The van der Waals surface area contributed by atoms with Gasteiger partial charge in [-0.2, -0.15) is 0 Å². The molecular formula is C32H32N4O4. The molecule has 8 heteroatoms. The Hall–Kier alpha value is -5.00. The number of pyridine rings is 2. The van der Waals surface area contributed by atoms with Gasteiger partial charge in [0, 0.05) is 41.7 Å². The van der Waals surface area contributed by atoms with Gasteiger partial charge in [0.1, 0.15) is 5.75 Å². The van der Waals surface area contributed by atoms with Gasteiger partial charge >= 0.3 is 0 Å². The van der Waals surface area contributed by atoms with Gasteiger partial charge in [-0.25, -0.2) is 4.98 Å². The zero-order valence-corrected chi connectivity index (χ0v) is 22.8. The van der Waals surface area contributed by atoms with Crippen molar-refractivity contribution in [2.45, 2.75) is 13.3 Å². The topological polar surface area (TPSA) is 102 Å². The van der Waals surface area contributed by atoms with Crippen LogP contribution in [0.25, 0.3) is 12.2 Å². The standard InChI is InChI=1S/C18H20N2O.C14H12N2O3/c1-20(2)14-7-15-21-18-10-6-13-19-17(18)12-11-16-8-4-3-5-9-16;1-10-3-2-4-12(15-10)6-5-11-9-13(16(18)19)7-8-14(11)17/h3-6,8-10,13H,7,14-15H2,1-2H3;2-9,17H,1H3. The maximum Gasteiger partial charge on any atom is 0.270 e. The van der Waals surface area contributed by atoms with Crippen LogP contribution in [0.1, 0.15) is 34.6 Å². The number of ether oxygens (including phenoxy) is 1. The molecule has 0 aliphatic heterocycles. The number of nitrogens with zero attached hydrogens (tertiary/aromatic N) is 4. The second-order valence-electron chi connectivity index (χ2n) is 9.01. The van der Waals surface area contributed by atoms with E-state index in [0.29, 0.717) is 17.9 Å². The van der Waals surface area contributed by atoms with Crippen LogP contribution in [-0.4, -0.2) is 52.1 Å². The molecule has 0 unspecified atom stereocenters. The number of benzene rings is 2. The summed E-state index contributed by atoms with van der Waals surface area (Å²) in [6, 6.07) is 23.1. The van der Waals surface area contributed by atoms with Crippen LogP contribution >= 0.6 is 0 Å². The van der Waals surface area contributed by atoms with E-state index in [1.54, 1.807) is 18.3 Å². The highest BCUT2D eigenvalue weighted by Crippen LogP contribution is 2.24. The Bertz CT molecular complexity index is 1490. The summed E-state index contributed by atoms with van der Waals surface area (Å²) in [5, 5.41) is 20.3. The van der Waals surface area contributed by atoms with Crippen LogP contribution in [-0.2, 0) is 0 Å². The lowest BCUT2D eigenvalue weighted by atomic mass is 10.1. The molecule has 0 radical (unpaired) electrons. The number of nitro benzene ring substituents is 1. The van der Waals surface area contributed by atoms with Crippen molar-refractivity contribution in [2.24, 2.45) is 0 Å². The summed E-state index contributed by atoms with van der Waals surface area (Å²) in [5.74, 6) is 6.94. The normalized spacial score (nSPS) is 10.4. The molecule has 4 aromatic rings. The third-order valence-electron chi connectivity index (χ3n) is 5.44. The SMILES string of the molecule is CN(C)CCCOc1cccnc1C#Cc1ccccc1.Cc1cccc(C=Cc2cc([N+](=O)[O-])ccc2O)n1. The maximum absolute atomic E-state index is 10.7. The second-order valence-corrected chi connectivity index (χ2v) is 9.01. The zero-order valence-electron chi connectivity index (χ0n) is 22.8. The Labute approximate surface area is 234 Å². The maximum atomic E-state index is 10.7. The van der Waals surface area contributed by atoms with E-state index in [9.17, 15) is 15.2 Å². The molecule has 0 fully saturated rings. The van der Waals surface area contributed by atoms with E-state index >= 15 is 0 Å². The van der Waals surface area contributed by atoms with Crippen LogP contribution in [0, 0.1) is 28.9 Å². The molecule has 0 amide bonds. The van der Waals surface area contributed by atoms with Crippen LogP contribution in [0.15, 0.2) is 85.1 Å². The molecule has 2 aromatic heterocycles. The number of phenols is 1. The Morgan fingerprint density at radius 1 is 1.00 bits per heavy atom. The molecule has 0 atom stereocenters. The first-order valence-electron chi connectivity index (χ1n) is 12.7. The first-order valence-corrected chi connectivity index (χ1v) is 12.7. The predicted octanol–water partition coefficient (Wildman–Crippen LogP) is 5.99. The largest absolute Gasteiger partial charge is 0.507 e. The first-order chi connectivity index (χ1) is 19.3. The molecule has 0 aliphatic rings. The minimum absolute atomic E-state index is 0.00509. The summed E-state index contributed by atoms with van der Waals surface area (Å²) < 4.78 is 5.78. The Balaban J connectivity index is 0.000000222. The second kappa shape index (κ2) is 15.4. The van der Waals surface area contributed by atoms with Crippen LogP contribution < -0.4 is 4.74 Å². The van der Waals surface area contributed by atoms with Crippen molar-refractivity contribution >= 4 is 17.8 Å². The summed E-state index contributed by atoms with van der Waals surface area (Å²) in [4.78, 5) is 20.9. The van der Waals surface area contributed by atoms with E-state index < -0.39 is 4.92 Å². The number of hydrogen-bond acceptors (Lipinski definition) is 7. The van der Waals surface area contributed by atoms with Crippen LogP contribution in [0.2, 0.25) is 0 Å². The molecular weight excluding hydrogens is 504 g/mol. The quantitative estimate of drug-likeness (QED) is 0.128. The van der Waals surface area contributed by atoms with E-state index in [2.05, 4.69) is 40.8 Å². The molecule has 0 saturated carbocycles. The molecule has 4 rings (SSSR count). The molecule has 2 heterocycles. The fraction of sp³-hybridized carbons (Fsp3) is 0.188. The van der Waals surface area contributed by atoms with Crippen LogP contribution in [0.4, 0.5) is 5.69 Å². The molecule has 0 aliphatic carbocycles. The van der Waals surface area contributed by atoms with E-state index in [4.69, 9.17) is 4.74 Å². The average Bonchev–Trinajstić information content (AvgIpc) is 2.95. The molecule has 0 bridgehead atoms. The van der Waals surface area contributed by atoms with Gasteiger partial charge in [0.25, 0.3) is 5.69 Å². The highest BCUT2D eigenvalue weighted by Gasteiger charge is 2.08. The Morgan fingerprint density at radius 2 is 1.80 bits per heavy atom. The number of aryl methyl sites for hydroxylation is 1. The molecule has 1 N–H and O–H groups in total. The highest BCUT2D eigenvalue weighted by molar-refractivity contribution is 5.72. The minimum Gasteiger partial charge on any atom is -0.507 e. The van der Waals surface area contributed by atoms with Crippen molar-refractivity contribution in [1.82, 2.24) is 14.9 Å². The third kappa shape index (κ3) is 10.0. The molecule has 204 valence electrons. The van der Waals surface area contributed by atoms with Gasteiger partial charge in [-0.3, -0.25) is 15.1 Å². The van der Waals surface area contributed by atoms with E-state index in [1.807, 2.05) is 67.6 Å². The van der Waals surface area contributed by atoms with Crippen molar-refractivity contribution < 1.29 is 14.8 Å². The van der Waals surface area contributed by atoms with E-state index in [0.717, 1.165) is 35.7 Å². The predicted molar refractivity (Wildman–Crippen MR) is 158 cm³/mol. The Morgan fingerprint density at radius 3 is 2.52 bits per heavy atom. The molecule has 0 spiro atoms. The molecule has 40 heavy (non-hydrogen) atoms. The smallest absolute Gasteiger partial charge is 0.270 e. The lowest BCUT2D eigenvalue weighted by Crippen LogP contribution is -2.15. The van der Waals surface area contributed by atoms with Gasteiger partial charge in [0.2, 0.25) is 0 Å². The highest BCUT2D eigenvalue weighted by atomic mass is 16.6. The van der Waals surface area contributed by atoms with Crippen LogP contribution in [0.5, 0.6) is 11.5 Å². The third-order valence-corrected chi connectivity index (χ3v) is 5.44. The molecule has 2 aromatic carbocycles. The summed E-state index contributed by atoms with van der Waals surface area (Å²) in [7, 11) is 4.11. The van der Waals surface area contributed by atoms with Crippen molar-refractivity contribution in [1.29, 1.82) is 0 Å². The summed E-state index contributed by atoms with van der Waals surface area (Å²) in [6.07, 6.45) is 6.02. The van der Waals surface area contributed by atoms with Crippen molar-refractivity contribution in [3.05, 3.63) is 123 Å². The van der Waals surface area contributed by atoms with Crippen molar-refractivity contribution in [3.8, 4) is 23.3 Å². The van der Waals surface area contributed by atoms with Crippen LogP contribution in [0.3, 0.4) is 0 Å². The van der Waals surface area contributed by atoms with E-state index in [-0.39, 0.29) is 11.4 Å². The van der Waals surface area contributed by atoms with Gasteiger partial charge in [-0.15, -0.1) is 0 Å². The number of rotatable bonds is 8. The monoisotopic (exact) mass is 536 g/mol. The van der Waals surface area contributed by atoms with E-state index in [1.165, 1.54) is 18.2 Å². The molecule has 0 saturated heterocycles. The van der Waals surface area contributed by atoms with Gasteiger partial charge in [-0.1, -0.05) is 30.2 Å². The number of phenolic OH excluding ortho intramolecular Hbond substituents is 1. The first kappa shape index (κ1) is 29.6. The number of aromatic hydroxyl groups is 1. The van der Waals surface area contributed by atoms with Gasteiger partial charge < -0.3 is 14.7 Å². The lowest BCUT2D eigenvalue weighted by molar-refractivity contribution is -0.384. The summed E-state index contributed by atoms with van der Waals surface area (Å²) in [5.41, 5.74) is 3.59. The number of hydrogen-bond donors (Lipinski definition) is 1. The minimum atomic E-state index is -0.498. The Kier molecular flexibility index (Phi) is 11.4. The number of aromatic nitrogens is 2. The molecule has 8 nitrogen and oxygen atoms in total. The average molecular weight is 537 g/mol. The lowest BCUT2D eigenvalue weighted by Gasteiger charge is -2.10. The van der Waals surface area contributed by atoms with Gasteiger partial charge in [0.15, 0.2) is 11.4 Å². The van der Waals surface area contributed by atoms with Crippen molar-refractivity contribution in [3.63, 3.8) is 0 Å². The van der Waals surface area contributed by atoms with Gasteiger partial charge in [0.05, 0.1) is 17.2 Å². The zero-order chi connectivity index (χ0) is 28.7. The van der Waals surface area contributed by atoms with Crippen molar-refractivity contribution in [2.75, 3.05) is 27.2 Å². The fourth-order valence-corrected chi connectivity index (χ4v) is 3.44. The summed E-state index contributed by atoms with van der Waals surface area (Å²) >= 11 is 0.